The molecule has 0 saturated carbocycles. The third-order valence-corrected chi connectivity index (χ3v) is 5.07. The molecule has 3 rings (SSSR count). The Morgan fingerprint density at radius 2 is 1.76 bits per heavy atom. The molecular weight excluding hydrogens is 373 g/mol. The minimum atomic E-state index is -0.690. The number of halogens is 1. The largest absolute Gasteiger partial charge is 0.346 e. The van der Waals surface area contributed by atoms with E-state index in [-0.39, 0.29) is 24.9 Å². The first-order valence-corrected chi connectivity index (χ1v) is 9.66. The number of piperazine rings is 1. The maximum absolute atomic E-state index is 13.3. The maximum atomic E-state index is 13.3. The van der Waals surface area contributed by atoms with Gasteiger partial charge in [-0.15, -0.1) is 0 Å². The molecule has 2 heterocycles. The molecule has 2 N–H and O–H groups in total. The second kappa shape index (κ2) is 10.1. The number of nitrogens with zero attached hydrogens (tertiary/aromatic N) is 3. The highest BCUT2D eigenvalue weighted by atomic mass is 19.1. The van der Waals surface area contributed by atoms with Crippen molar-refractivity contribution in [2.75, 3.05) is 39.8 Å². The van der Waals surface area contributed by atoms with Crippen molar-refractivity contribution in [2.24, 2.45) is 0 Å². The number of benzene rings is 1. The lowest BCUT2D eigenvalue weighted by Crippen LogP contribution is -2.49. The van der Waals surface area contributed by atoms with Gasteiger partial charge in [-0.1, -0.05) is 18.2 Å². The molecule has 1 aliphatic heterocycles. The van der Waals surface area contributed by atoms with Crippen LogP contribution in [0.4, 0.5) is 4.39 Å². The Balaban J connectivity index is 1.59. The van der Waals surface area contributed by atoms with E-state index in [0.29, 0.717) is 0 Å². The van der Waals surface area contributed by atoms with Gasteiger partial charge in [-0.25, -0.2) is 4.39 Å². The molecule has 1 atom stereocenters. The number of amides is 2. The normalized spacial score (nSPS) is 16.2. The van der Waals surface area contributed by atoms with Crippen LogP contribution in [0.5, 0.6) is 0 Å². The first kappa shape index (κ1) is 20.9. The van der Waals surface area contributed by atoms with Crippen LogP contribution < -0.4 is 10.6 Å². The topological polar surface area (TPSA) is 77.6 Å². The van der Waals surface area contributed by atoms with Crippen LogP contribution in [0.1, 0.15) is 17.2 Å². The second-order valence-corrected chi connectivity index (χ2v) is 7.16. The van der Waals surface area contributed by atoms with E-state index in [0.717, 1.165) is 37.3 Å². The molecule has 0 radical (unpaired) electrons. The molecule has 29 heavy (non-hydrogen) atoms. The minimum absolute atomic E-state index is 0.126. The van der Waals surface area contributed by atoms with Crippen molar-refractivity contribution in [2.45, 2.75) is 12.6 Å². The van der Waals surface area contributed by atoms with Crippen molar-refractivity contribution in [3.63, 3.8) is 0 Å². The second-order valence-electron chi connectivity index (χ2n) is 7.16. The van der Waals surface area contributed by atoms with E-state index in [1.807, 2.05) is 6.07 Å². The van der Waals surface area contributed by atoms with Gasteiger partial charge >= 0.3 is 11.8 Å². The Bertz CT molecular complexity index is 808. The number of likely N-dealkylation sites (N-methyl/N-ethyl adjacent to an activating group) is 1. The van der Waals surface area contributed by atoms with Crippen molar-refractivity contribution < 1.29 is 14.0 Å². The van der Waals surface area contributed by atoms with Crippen LogP contribution in [-0.4, -0.2) is 66.4 Å². The van der Waals surface area contributed by atoms with Crippen LogP contribution in [0.25, 0.3) is 0 Å². The first-order chi connectivity index (χ1) is 14.0. The predicted octanol–water partition coefficient (Wildman–Crippen LogP) is 0.942. The number of rotatable bonds is 6. The Hall–Kier alpha value is -2.84. The summed E-state index contributed by atoms with van der Waals surface area (Å²) in [5.74, 6) is -1.68. The molecular formula is C21H26FN5O2. The molecule has 1 aliphatic rings. The summed E-state index contributed by atoms with van der Waals surface area (Å²) < 4.78 is 13.3. The van der Waals surface area contributed by atoms with Crippen LogP contribution in [0.2, 0.25) is 0 Å². The number of carbonyl (C=O) groups is 2. The minimum Gasteiger partial charge on any atom is -0.346 e. The summed E-state index contributed by atoms with van der Waals surface area (Å²) in [5, 5.41) is 5.32. The average molecular weight is 399 g/mol. The predicted molar refractivity (Wildman–Crippen MR) is 107 cm³/mol. The van der Waals surface area contributed by atoms with E-state index in [1.165, 1.54) is 12.1 Å². The zero-order valence-corrected chi connectivity index (χ0v) is 16.5. The zero-order chi connectivity index (χ0) is 20.6. The van der Waals surface area contributed by atoms with E-state index in [4.69, 9.17) is 0 Å². The molecule has 1 aromatic heterocycles. The Morgan fingerprint density at radius 1 is 1.07 bits per heavy atom. The quantitative estimate of drug-likeness (QED) is 0.707. The average Bonchev–Trinajstić information content (AvgIpc) is 2.75. The van der Waals surface area contributed by atoms with Gasteiger partial charge in [0, 0.05) is 51.7 Å². The Kier molecular flexibility index (Phi) is 7.26. The fraction of sp³-hybridized carbons (Fsp3) is 0.381. The fourth-order valence-electron chi connectivity index (χ4n) is 3.31. The summed E-state index contributed by atoms with van der Waals surface area (Å²) in [7, 11) is 2.07. The molecule has 2 aromatic rings. The summed E-state index contributed by atoms with van der Waals surface area (Å²) in [6, 6.07) is 9.76. The van der Waals surface area contributed by atoms with Gasteiger partial charge in [-0.3, -0.25) is 19.5 Å². The molecule has 0 spiro atoms. The number of hydrogen-bond acceptors (Lipinski definition) is 5. The maximum Gasteiger partial charge on any atom is 0.309 e. The van der Waals surface area contributed by atoms with Crippen molar-refractivity contribution in [3.05, 3.63) is 65.7 Å². The number of pyridine rings is 1. The van der Waals surface area contributed by atoms with Crippen molar-refractivity contribution in [1.82, 2.24) is 25.4 Å². The van der Waals surface area contributed by atoms with Crippen LogP contribution in [-0.2, 0) is 16.1 Å². The molecule has 7 nitrogen and oxygen atoms in total. The zero-order valence-electron chi connectivity index (χ0n) is 16.5. The number of nitrogens with one attached hydrogen (secondary N) is 2. The van der Waals surface area contributed by atoms with E-state index in [1.54, 1.807) is 30.6 Å². The van der Waals surface area contributed by atoms with Crippen LogP contribution in [0, 0.1) is 5.82 Å². The molecule has 8 heteroatoms. The van der Waals surface area contributed by atoms with Gasteiger partial charge < -0.3 is 15.5 Å². The van der Waals surface area contributed by atoms with Gasteiger partial charge in [0.1, 0.15) is 5.82 Å². The molecule has 1 saturated heterocycles. The number of aromatic nitrogens is 1. The highest BCUT2D eigenvalue weighted by molar-refractivity contribution is 6.35. The van der Waals surface area contributed by atoms with Gasteiger partial charge in [-0.2, -0.15) is 0 Å². The summed E-state index contributed by atoms with van der Waals surface area (Å²) in [6.07, 6.45) is 3.28. The Morgan fingerprint density at radius 3 is 2.41 bits per heavy atom. The lowest BCUT2D eigenvalue weighted by molar-refractivity contribution is -0.139. The molecule has 2 amide bonds. The summed E-state index contributed by atoms with van der Waals surface area (Å²) in [6.45, 7) is 4.01. The molecule has 1 unspecified atom stereocenters. The fourth-order valence-corrected chi connectivity index (χ4v) is 3.31. The number of carbonyl (C=O) groups excluding carboxylic acids is 2. The lowest BCUT2D eigenvalue weighted by atomic mass is 10.0. The smallest absolute Gasteiger partial charge is 0.309 e. The molecule has 0 aliphatic carbocycles. The number of hydrogen-bond donors (Lipinski definition) is 2. The molecule has 0 bridgehead atoms. The van der Waals surface area contributed by atoms with Crippen LogP contribution >= 0.6 is 0 Å². The highest BCUT2D eigenvalue weighted by Gasteiger charge is 2.25. The van der Waals surface area contributed by atoms with Crippen LogP contribution in [0.3, 0.4) is 0 Å². The molecule has 154 valence electrons. The lowest BCUT2D eigenvalue weighted by Gasteiger charge is -2.38. The van der Waals surface area contributed by atoms with Gasteiger partial charge in [0.15, 0.2) is 0 Å². The van der Waals surface area contributed by atoms with E-state index >= 15 is 0 Å². The molecule has 1 fully saturated rings. The van der Waals surface area contributed by atoms with Crippen molar-refractivity contribution in [1.29, 1.82) is 0 Å². The van der Waals surface area contributed by atoms with Gasteiger partial charge in [0.25, 0.3) is 0 Å². The highest BCUT2D eigenvalue weighted by Crippen LogP contribution is 2.22. The summed E-state index contributed by atoms with van der Waals surface area (Å²) in [4.78, 5) is 32.8. The van der Waals surface area contributed by atoms with Crippen molar-refractivity contribution in [3.8, 4) is 0 Å². The van der Waals surface area contributed by atoms with Crippen molar-refractivity contribution >= 4 is 11.8 Å². The van der Waals surface area contributed by atoms with E-state index in [9.17, 15) is 14.0 Å². The Labute approximate surface area is 169 Å². The van der Waals surface area contributed by atoms with Crippen LogP contribution in [0.15, 0.2) is 48.8 Å². The SMILES string of the molecule is CN1CCN(C(CNC(=O)C(=O)NCc2cccnc2)c2ccc(F)cc2)CC1. The van der Waals surface area contributed by atoms with E-state index < -0.39 is 11.8 Å². The third-order valence-electron chi connectivity index (χ3n) is 5.07. The summed E-state index contributed by atoms with van der Waals surface area (Å²) >= 11 is 0. The molecule has 1 aromatic carbocycles. The van der Waals surface area contributed by atoms with Gasteiger partial charge in [-0.05, 0) is 36.4 Å². The standard InChI is InChI=1S/C21H26FN5O2/c1-26-9-11-27(12-10-26)19(17-4-6-18(22)7-5-17)15-25-21(29)20(28)24-14-16-3-2-8-23-13-16/h2-8,13,19H,9-12,14-15H2,1H3,(H,24,28)(H,25,29). The first-order valence-electron chi connectivity index (χ1n) is 9.66. The summed E-state index contributed by atoms with van der Waals surface area (Å²) in [5.41, 5.74) is 1.72. The van der Waals surface area contributed by atoms with Gasteiger partial charge in [0.05, 0.1) is 6.04 Å². The van der Waals surface area contributed by atoms with E-state index in [2.05, 4.69) is 32.5 Å². The third kappa shape index (κ3) is 6.07. The monoisotopic (exact) mass is 399 g/mol. The van der Waals surface area contributed by atoms with Gasteiger partial charge in [0.2, 0.25) is 0 Å².